The first kappa shape index (κ1) is 16.8. The number of rotatable bonds is 8. The Morgan fingerprint density at radius 2 is 1.91 bits per heavy atom. The van der Waals surface area contributed by atoms with Gasteiger partial charge in [-0.25, -0.2) is 0 Å². The summed E-state index contributed by atoms with van der Waals surface area (Å²) in [5.74, 6) is -0.161. The van der Waals surface area contributed by atoms with Crippen molar-refractivity contribution in [2.24, 2.45) is 0 Å². The van der Waals surface area contributed by atoms with Crippen LogP contribution in [0.2, 0.25) is 0 Å². The molecule has 1 heterocycles. The average Bonchev–Trinajstić information content (AvgIpc) is 3.11. The maximum atomic E-state index is 12.3. The molecule has 2 amide bonds. The lowest BCUT2D eigenvalue weighted by atomic mass is 10.2. The smallest absolute Gasteiger partial charge is 0.257 e. The van der Waals surface area contributed by atoms with E-state index in [1.54, 1.807) is 11.0 Å². The summed E-state index contributed by atoms with van der Waals surface area (Å²) >= 11 is 0. The minimum Gasteiger partial charge on any atom is -0.472 e. The lowest BCUT2D eigenvalue weighted by Crippen LogP contribution is -2.35. The Hall–Kier alpha value is -2.56. The van der Waals surface area contributed by atoms with Crippen molar-refractivity contribution in [1.82, 2.24) is 10.2 Å². The number of amides is 2. The van der Waals surface area contributed by atoms with Crippen LogP contribution in [0.3, 0.4) is 0 Å². The zero-order valence-electron chi connectivity index (χ0n) is 13.3. The first-order valence-corrected chi connectivity index (χ1v) is 7.82. The van der Waals surface area contributed by atoms with Gasteiger partial charge in [-0.05, 0) is 18.1 Å². The Morgan fingerprint density at radius 3 is 2.57 bits per heavy atom. The molecule has 2 rings (SSSR count). The standard InChI is InChI=1S/C18H22N2O3/c1-2-10-20(18(22)16-9-12-23-14-16)11-8-17(21)19-13-15-6-4-3-5-7-15/h3-7,9,12,14H,2,8,10-11,13H2,1H3,(H,19,21). The minimum absolute atomic E-state index is 0.0602. The van der Waals surface area contributed by atoms with Crippen LogP contribution in [0.4, 0.5) is 0 Å². The van der Waals surface area contributed by atoms with Crippen LogP contribution in [-0.2, 0) is 11.3 Å². The van der Waals surface area contributed by atoms with Gasteiger partial charge in [0.2, 0.25) is 5.91 Å². The molecule has 0 radical (unpaired) electrons. The molecule has 2 aromatic rings. The fraction of sp³-hybridized carbons (Fsp3) is 0.333. The summed E-state index contributed by atoms with van der Waals surface area (Å²) in [6, 6.07) is 11.4. The van der Waals surface area contributed by atoms with E-state index in [1.165, 1.54) is 12.5 Å². The fourth-order valence-electron chi connectivity index (χ4n) is 2.27. The molecule has 0 bridgehead atoms. The number of hydrogen-bond acceptors (Lipinski definition) is 3. The van der Waals surface area contributed by atoms with Gasteiger partial charge in [-0.2, -0.15) is 0 Å². The summed E-state index contributed by atoms with van der Waals surface area (Å²) in [6.45, 7) is 3.53. The molecule has 0 aliphatic heterocycles. The van der Waals surface area contributed by atoms with Gasteiger partial charge in [-0.3, -0.25) is 9.59 Å². The highest BCUT2D eigenvalue weighted by Gasteiger charge is 2.17. The lowest BCUT2D eigenvalue weighted by Gasteiger charge is -2.21. The van der Waals surface area contributed by atoms with Gasteiger partial charge in [0.25, 0.3) is 5.91 Å². The van der Waals surface area contributed by atoms with E-state index in [1.807, 2.05) is 37.3 Å². The molecule has 1 aromatic heterocycles. The topological polar surface area (TPSA) is 62.6 Å². The van der Waals surface area contributed by atoms with Gasteiger partial charge < -0.3 is 14.6 Å². The molecule has 0 saturated heterocycles. The molecule has 1 aromatic carbocycles. The van der Waals surface area contributed by atoms with Crippen LogP contribution in [-0.4, -0.2) is 29.8 Å². The van der Waals surface area contributed by atoms with Gasteiger partial charge >= 0.3 is 0 Å². The van der Waals surface area contributed by atoms with Crippen LogP contribution < -0.4 is 5.32 Å². The number of hydrogen-bond donors (Lipinski definition) is 1. The number of carbonyl (C=O) groups is 2. The number of furan rings is 1. The second kappa shape index (κ2) is 8.78. The molecular weight excluding hydrogens is 292 g/mol. The number of carbonyl (C=O) groups excluding carboxylic acids is 2. The fourth-order valence-corrected chi connectivity index (χ4v) is 2.27. The maximum Gasteiger partial charge on any atom is 0.257 e. The molecule has 0 spiro atoms. The van der Waals surface area contributed by atoms with Crippen molar-refractivity contribution in [2.75, 3.05) is 13.1 Å². The molecule has 0 aliphatic rings. The molecule has 0 fully saturated rings. The highest BCUT2D eigenvalue weighted by atomic mass is 16.3. The first-order valence-electron chi connectivity index (χ1n) is 7.82. The van der Waals surface area contributed by atoms with Crippen LogP contribution >= 0.6 is 0 Å². The third kappa shape index (κ3) is 5.29. The highest BCUT2D eigenvalue weighted by molar-refractivity contribution is 5.94. The molecule has 0 saturated carbocycles. The Balaban J connectivity index is 1.81. The summed E-state index contributed by atoms with van der Waals surface area (Å²) in [4.78, 5) is 26.0. The second-order valence-corrected chi connectivity index (χ2v) is 5.32. The van der Waals surface area contributed by atoms with Crippen molar-refractivity contribution >= 4 is 11.8 Å². The van der Waals surface area contributed by atoms with Gasteiger partial charge in [-0.1, -0.05) is 37.3 Å². The minimum atomic E-state index is -0.101. The molecule has 122 valence electrons. The summed E-state index contributed by atoms with van der Waals surface area (Å²) in [5, 5.41) is 2.87. The Kier molecular flexibility index (Phi) is 6.41. The zero-order chi connectivity index (χ0) is 16.5. The van der Waals surface area contributed by atoms with Crippen molar-refractivity contribution in [3.8, 4) is 0 Å². The lowest BCUT2D eigenvalue weighted by molar-refractivity contribution is -0.121. The normalized spacial score (nSPS) is 10.3. The molecule has 23 heavy (non-hydrogen) atoms. The van der Waals surface area contributed by atoms with E-state index in [0.717, 1.165) is 12.0 Å². The Labute approximate surface area is 136 Å². The van der Waals surface area contributed by atoms with Gasteiger partial charge in [0.15, 0.2) is 0 Å². The van der Waals surface area contributed by atoms with E-state index in [2.05, 4.69) is 5.32 Å². The van der Waals surface area contributed by atoms with Crippen molar-refractivity contribution in [3.05, 3.63) is 60.1 Å². The molecule has 5 heteroatoms. The third-order valence-corrected chi connectivity index (χ3v) is 3.49. The first-order chi connectivity index (χ1) is 11.2. The molecule has 0 atom stereocenters. The number of nitrogens with one attached hydrogen (secondary N) is 1. The molecule has 5 nitrogen and oxygen atoms in total. The van der Waals surface area contributed by atoms with Crippen LogP contribution in [0, 0.1) is 0 Å². The molecule has 0 aliphatic carbocycles. The van der Waals surface area contributed by atoms with Gasteiger partial charge in [-0.15, -0.1) is 0 Å². The van der Waals surface area contributed by atoms with Crippen molar-refractivity contribution in [1.29, 1.82) is 0 Å². The summed E-state index contributed by atoms with van der Waals surface area (Å²) < 4.78 is 4.95. The Bertz CT molecular complexity index is 608. The monoisotopic (exact) mass is 314 g/mol. The largest absolute Gasteiger partial charge is 0.472 e. The van der Waals surface area contributed by atoms with Crippen molar-refractivity contribution < 1.29 is 14.0 Å². The quantitative estimate of drug-likeness (QED) is 0.815. The van der Waals surface area contributed by atoms with Crippen LogP contribution in [0.25, 0.3) is 0 Å². The SMILES string of the molecule is CCCN(CCC(=O)NCc1ccccc1)C(=O)c1ccoc1. The Morgan fingerprint density at radius 1 is 1.13 bits per heavy atom. The summed E-state index contributed by atoms with van der Waals surface area (Å²) in [6.07, 6.45) is 4.04. The van der Waals surface area contributed by atoms with Gasteiger partial charge in [0.05, 0.1) is 11.8 Å². The van der Waals surface area contributed by atoms with E-state index in [-0.39, 0.29) is 18.2 Å². The molecule has 0 unspecified atom stereocenters. The predicted octanol–water partition coefficient (Wildman–Crippen LogP) is 2.84. The maximum absolute atomic E-state index is 12.3. The second-order valence-electron chi connectivity index (χ2n) is 5.32. The van der Waals surface area contributed by atoms with Crippen LogP contribution in [0.5, 0.6) is 0 Å². The number of nitrogens with zero attached hydrogens (tertiary/aromatic N) is 1. The molecule has 1 N–H and O–H groups in total. The van der Waals surface area contributed by atoms with Gasteiger partial charge in [0.1, 0.15) is 6.26 Å². The van der Waals surface area contributed by atoms with Gasteiger partial charge in [0, 0.05) is 26.1 Å². The predicted molar refractivity (Wildman–Crippen MR) is 87.8 cm³/mol. The molecular formula is C18H22N2O3. The van der Waals surface area contributed by atoms with E-state index >= 15 is 0 Å². The van der Waals surface area contributed by atoms with Crippen molar-refractivity contribution in [2.45, 2.75) is 26.3 Å². The van der Waals surface area contributed by atoms with E-state index in [9.17, 15) is 9.59 Å². The third-order valence-electron chi connectivity index (χ3n) is 3.49. The number of benzene rings is 1. The van der Waals surface area contributed by atoms with E-state index in [4.69, 9.17) is 4.42 Å². The van der Waals surface area contributed by atoms with Crippen LogP contribution in [0.1, 0.15) is 35.7 Å². The van der Waals surface area contributed by atoms with E-state index < -0.39 is 0 Å². The summed E-state index contributed by atoms with van der Waals surface area (Å²) in [7, 11) is 0. The summed E-state index contributed by atoms with van der Waals surface area (Å²) in [5.41, 5.74) is 1.57. The van der Waals surface area contributed by atoms with Crippen molar-refractivity contribution in [3.63, 3.8) is 0 Å². The zero-order valence-corrected chi connectivity index (χ0v) is 13.3. The average molecular weight is 314 g/mol. The van der Waals surface area contributed by atoms with Crippen LogP contribution in [0.15, 0.2) is 53.3 Å². The highest BCUT2D eigenvalue weighted by Crippen LogP contribution is 2.07. The van der Waals surface area contributed by atoms with E-state index in [0.29, 0.717) is 25.2 Å².